The minimum Gasteiger partial charge on any atom is -0.322 e. The monoisotopic (exact) mass is 348 g/mol. The number of amides is 1. The van der Waals surface area contributed by atoms with Gasteiger partial charge in [0.25, 0.3) is 0 Å². The molecule has 3 heterocycles. The van der Waals surface area contributed by atoms with E-state index in [-0.39, 0.29) is 11.7 Å². The summed E-state index contributed by atoms with van der Waals surface area (Å²) >= 11 is 2.89. The first-order valence-electron chi connectivity index (χ1n) is 6.93. The fraction of sp³-hybridized carbons (Fsp3) is 0.286. The molecule has 0 saturated heterocycles. The molecule has 2 N–H and O–H groups in total. The Morgan fingerprint density at radius 1 is 1.48 bits per heavy atom. The predicted octanol–water partition coefficient (Wildman–Crippen LogP) is 2.61. The van der Waals surface area contributed by atoms with Crippen LogP contribution in [0.1, 0.15) is 11.4 Å². The highest BCUT2D eigenvalue weighted by Crippen LogP contribution is 2.23. The van der Waals surface area contributed by atoms with Gasteiger partial charge in [0, 0.05) is 7.05 Å². The lowest BCUT2D eigenvalue weighted by Gasteiger charge is -2.04. The molecular weight excluding hydrogens is 332 g/mol. The van der Waals surface area contributed by atoms with E-state index in [0.29, 0.717) is 5.16 Å². The zero-order chi connectivity index (χ0) is 16.4. The number of carbonyl (C=O) groups is 1. The molecule has 0 aliphatic heterocycles. The van der Waals surface area contributed by atoms with Gasteiger partial charge in [0.2, 0.25) is 11.1 Å². The smallest absolute Gasteiger partial charge is 0.234 e. The summed E-state index contributed by atoms with van der Waals surface area (Å²) in [5.41, 5.74) is 2.51. The molecule has 0 unspecified atom stereocenters. The van der Waals surface area contributed by atoms with Crippen molar-refractivity contribution >= 4 is 34.7 Å². The van der Waals surface area contributed by atoms with Gasteiger partial charge in [0.05, 0.1) is 27.7 Å². The van der Waals surface area contributed by atoms with Gasteiger partial charge in [-0.1, -0.05) is 17.8 Å². The van der Waals surface area contributed by atoms with Crippen molar-refractivity contribution in [2.24, 2.45) is 7.05 Å². The van der Waals surface area contributed by atoms with Crippen LogP contribution in [0.15, 0.2) is 22.7 Å². The molecule has 0 aliphatic carbocycles. The van der Waals surface area contributed by atoms with E-state index in [1.807, 2.05) is 38.4 Å². The highest BCUT2D eigenvalue weighted by molar-refractivity contribution is 7.99. The van der Waals surface area contributed by atoms with Crippen molar-refractivity contribution in [1.82, 2.24) is 25.0 Å². The molecule has 1 amide bonds. The Bertz CT molecular complexity index is 821. The van der Waals surface area contributed by atoms with Gasteiger partial charge >= 0.3 is 0 Å². The third-order valence-corrected chi connectivity index (χ3v) is 5.05. The number of aromatic amines is 1. The first kappa shape index (κ1) is 15.8. The van der Waals surface area contributed by atoms with Crippen LogP contribution in [0, 0.1) is 13.8 Å². The molecule has 23 heavy (non-hydrogen) atoms. The summed E-state index contributed by atoms with van der Waals surface area (Å²) in [6.45, 7) is 3.80. The number of rotatable bonds is 5. The number of H-pyrrole nitrogens is 1. The van der Waals surface area contributed by atoms with Gasteiger partial charge in [-0.3, -0.25) is 14.6 Å². The van der Waals surface area contributed by atoms with Gasteiger partial charge in [0.15, 0.2) is 5.82 Å². The van der Waals surface area contributed by atoms with Gasteiger partial charge in [-0.2, -0.15) is 5.10 Å². The number of nitrogens with zero attached hydrogens (tertiary/aromatic N) is 4. The summed E-state index contributed by atoms with van der Waals surface area (Å²) < 4.78 is 1.75. The second kappa shape index (κ2) is 6.55. The van der Waals surface area contributed by atoms with Crippen LogP contribution >= 0.6 is 23.1 Å². The fourth-order valence-corrected chi connectivity index (χ4v) is 3.36. The van der Waals surface area contributed by atoms with Crippen LogP contribution < -0.4 is 5.32 Å². The highest BCUT2D eigenvalue weighted by Gasteiger charge is 2.14. The van der Waals surface area contributed by atoms with Gasteiger partial charge in [-0.25, -0.2) is 4.98 Å². The van der Waals surface area contributed by atoms with Crippen molar-refractivity contribution in [2.75, 3.05) is 11.1 Å². The molecule has 0 saturated carbocycles. The molecule has 3 aromatic rings. The van der Waals surface area contributed by atoms with Crippen LogP contribution in [0.5, 0.6) is 0 Å². The molecule has 3 rings (SSSR count). The predicted molar refractivity (Wildman–Crippen MR) is 91.7 cm³/mol. The summed E-state index contributed by atoms with van der Waals surface area (Å²) in [6, 6.07) is 3.93. The number of thiophene rings is 1. The molecule has 3 aromatic heterocycles. The van der Waals surface area contributed by atoms with E-state index < -0.39 is 0 Å². The Labute approximate surface area is 141 Å². The molecule has 0 fully saturated rings. The maximum Gasteiger partial charge on any atom is 0.234 e. The summed E-state index contributed by atoms with van der Waals surface area (Å²) in [5, 5.41) is 16.7. The molecule has 0 bridgehead atoms. The number of aryl methyl sites for hydroxylation is 2. The molecule has 120 valence electrons. The van der Waals surface area contributed by atoms with Crippen molar-refractivity contribution < 1.29 is 4.79 Å². The number of hydrogen-bond acceptors (Lipinski definition) is 6. The van der Waals surface area contributed by atoms with Crippen LogP contribution in [-0.4, -0.2) is 36.6 Å². The zero-order valence-electron chi connectivity index (χ0n) is 13.0. The maximum absolute atomic E-state index is 12.1. The van der Waals surface area contributed by atoms with Crippen molar-refractivity contribution in [3.8, 4) is 10.7 Å². The lowest BCUT2D eigenvalue weighted by atomic mass is 10.3. The third-order valence-electron chi connectivity index (χ3n) is 3.33. The van der Waals surface area contributed by atoms with Crippen molar-refractivity contribution in [1.29, 1.82) is 0 Å². The van der Waals surface area contributed by atoms with Gasteiger partial charge < -0.3 is 5.32 Å². The van der Waals surface area contributed by atoms with Gasteiger partial charge in [-0.05, 0) is 25.3 Å². The van der Waals surface area contributed by atoms with E-state index >= 15 is 0 Å². The normalized spacial score (nSPS) is 10.9. The number of carbonyl (C=O) groups excluding carboxylic acids is 1. The summed E-state index contributed by atoms with van der Waals surface area (Å²) in [7, 11) is 1.85. The second-order valence-corrected chi connectivity index (χ2v) is 6.84. The first-order valence-corrected chi connectivity index (χ1v) is 8.80. The quantitative estimate of drug-likeness (QED) is 0.692. The number of aromatic nitrogens is 5. The van der Waals surface area contributed by atoms with E-state index in [2.05, 4.69) is 25.6 Å². The molecule has 0 aromatic carbocycles. The average molecular weight is 348 g/mol. The topological polar surface area (TPSA) is 88.5 Å². The molecular formula is C14H16N6OS2. The SMILES string of the molecule is Cc1nn(C)c(C)c1NC(=O)CSc1n[nH]c(-c2cccs2)n1. The summed E-state index contributed by atoms with van der Waals surface area (Å²) in [4.78, 5) is 17.5. The van der Waals surface area contributed by atoms with Crippen molar-refractivity contribution in [3.05, 3.63) is 28.9 Å². The van der Waals surface area contributed by atoms with E-state index in [1.165, 1.54) is 11.8 Å². The molecule has 0 radical (unpaired) electrons. The molecule has 0 spiro atoms. The Balaban J connectivity index is 1.59. The number of hydrogen-bond donors (Lipinski definition) is 2. The molecule has 0 atom stereocenters. The largest absolute Gasteiger partial charge is 0.322 e. The lowest BCUT2D eigenvalue weighted by Crippen LogP contribution is -2.15. The van der Waals surface area contributed by atoms with Crippen molar-refractivity contribution in [3.63, 3.8) is 0 Å². The second-order valence-electron chi connectivity index (χ2n) is 4.95. The Hall–Kier alpha value is -2.13. The van der Waals surface area contributed by atoms with E-state index in [0.717, 1.165) is 27.8 Å². The minimum absolute atomic E-state index is 0.100. The van der Waals surface area contributed by atoms with Crippen molar-refractivity contribution in [2.45, 2.75) is 19.0 Å². The third kappa shape index (κ3) is 3.45. The summed E-state index contributed by atoms with van der Waals surface area (Å²) in [6.07, 6.45) is 0. The van der Waals surface area contributed by atoms with Gasteiger partial charge in [-0.15, -0.1) is 16.4 Å². The fourth-order valence-electron chi connectivity index (χ4n) is 2.09. The van der Waals surface area contributed by atoms with E-state index in [9.17, 15) is 4.79 Å². The maximum atomic E-state index is 12.1. The first-order chi connectivity index (χ1) is 11.0. The highest BCUT2D eigenvalue weighted by atomic mass is 32.2. The van der Waals surface area contributed by atoms with Crippen LogP contribution in [0.4, 0.5) is 5.69 Å². The Morgan fingerprint density at radius 3 is 2.96 bits per heavy atom. The van der Waals surface area contributed by atoms with E-state index in [4.69, 9.17) is 0 Å². The lowest BCUT2D eigenvalue weighted by molar-refractivity contribution is -0.113. The number of thioether (sulfide) groups is 1. The molecule has 9 heteroatoms. The van der Waals surface area contributed by atoms with Crippen LogP contribution in [0.25, 0.3) is 10.7 Å². The van der Waals surface area contributed by atoms with E-state index in [1.54, 1.807) is 16.0 Å². The Morgan fingerprint density at radius 2 is 2.30 bits per heavy atom. The summed E-state index contributed by atoms with van der Waals surface area (Å²) in [5.74, 6) is 0.869. The average Bonchev–Trinajstić information content (AvgIpc) is 3.23. The van der Waals surface area contributed by atoms with Crippen LogP contribution in [0.2, 0.25) is 0 Å². The van der Waals surface area contributed by atoms with Crippen LogP contribution in [0.3, 0.4) is 0 Å². The van der Waals surface area contributed by atoms with Crippen LogP contribution in [-0.2, 0) is 11.8 Å². The molecule has 7 nitrogen and oxygen atoms in total. The van der Waals surface area contributed by atoms with Gasteiger partial charge in [0.1, 0.15) is 0 Å². The number of anilines is 1. The Kier molecular flexibility index (Phi) is 4.49. The minimum atomic E-state index is -0.100. The zero-order valence-corrected chi connectivity index (χ0v) is 14.6. The number of nitrogens with one attached hydrogen (secondary N) is 2. The standard InChI is InChI=1S/C14H16N6OS2/c1-8-12(9(2)20(3)19-8)15-11(21)7-23-14-16-13(17-18-14)10-5-4-6-22-10/h4-6H,7H2,1-3H3,(H,15,21)(H,16,17,18). The molecule has 0 aliphatic rings.